The molecule has 1 aromatic rings. The van der Waals surface area contributed by atoms with Crippen LogP contribution in [0.4, 0.5) is 0 Å². The first-order valence-corrected chi connectivity index (χ1v) is 7.45. The summed E-state index contributed by atoms with van der Waals surface area (Å²) < 4.78 is 1.93. The molecule has 0 amide bonds. The minimum atomic E-state index is -0.786. The van der Waals surface area contributed by atoms with Crippen molar-refractivity contribution in [2.45, 2.75) is 70.9 Å². The van der Waals surface area contributed by atoms with Crippen molar-refractivity contribution in [3.63, 3.8) is 0 Å². The zero-order valence-electron chi connectivity index (χ0n) is 12.3. The van der Waals surface area contributed by atoms with Gasteiger partial charge in [-0.15, -0.1) is 0 Å². The summed E-state index contributed by atoms with van der Waals surface area (Å²) in [5.41, 5.74) is 2.92. The van der Waals surface area contributed by atoms with Crippen molar-refractivity contribution in [1.82, 2.24) is 9.78 Å². The van der Waals surface area contributed by atoms with Crippen LogP contribution in [0.2, 0.25) is 0 Å². The van der Waals surface area contributed by atoms with Gasteiger partial charge in [0.15, 0.2) is 0 Å². The second kappa shape index (κ2) is 6.39. The summed E-state index contributed by atoms with van der Waals surface area (Å²) in [4.78, 5) is 10.7. The number of aliphatic hydroxyl groups is 1. The second-order valence-corrected chi connectivity index (χ2v) is 5.76. The third kappa shape index (κ3) is 3.20. The Bertz CT molecular complexity index is 482. The van der Waals surface area contributed by atoms with Crippen LogP contribution in [0.25, 0.3) is 0 Å². The first-order valence-electron chi connectivity index (χ1n) is 7.45. The highest BCUT2D eigenvalue weighted by molar-refractivity contribution is 5.67. The standard InChI is InChI=1S/C15H24N2O3/c1-10-12(8-9-15(19)20)11(2)17(16-10)13-6-4-3-5-7-14(13)18/h13-14,18H,3-9H2,1-2H3,(H,19,20). The highest BCUT2D eigenvalue weighted by Gasteiger charge is 2.26. The molecule has 1 heterocycles. The minimum Gasteiger partial charge on any atom is -0.481 e. The van der Waals surface area contributed by atoms with Gasteiger partial charge in [-0.3, -0.25) is 9.48 Å². The van der Waals surface area contributed by atoms with E-state index < -0.39 is 5.97 Å². The van der Waals surface area contributed by atoms with Crippen LogP contribution in [-0.2, 0) is 11.2 Å². The zero-order valence-corrected chi connectivity index (χ0v) is 12.3. The fourth-order valence-corrected chi connectivity index (χ4v) is 3.17. The topological polar surface area (TPSA) is 75.3 Å². The summed E-state index contributed by atoms with van der Waals surface area (Å²) in [5.74, 6) is -0.786. The Kier molecular flexibility index (Phi) is 4.81. The summed E-state index contributed by atoms with van der Waals surface area (Å²) in [7, 11) is 0. The number of rotatable bonds is 4. The number of nitrogens with zero attached hydrogens (tertiary/aromatic N) is 2. The van der Waals surface area contributed by atoms with Gasteiger partial charge in [-0.25, -0.2) is 0 Å². The van der Waals surface area contributed by atoms with Gasteiger partial charge in [-0.05, 0) is 38.7 Å². The molecule has 2 N–H and O–H groups in total. The van der Waals surface area contributed by atoms with Gasteiger partial charge in [0.2, 0.25) is 0 Å². The quantitative estimate of drug-likeness (QED) is 0.830. The van der Waals surface area contributed by atoms with Crippen molar-refractivity contribution in [2.24, 2.45) is 0 Å². The molecule has 20 heavy (non-hydrogen) atoms. The second-order valence-electron chi connectivity index (χ2n) is 5.76. The molecule has 1 aliphatic rings. The largest absolute Gasteiger partial charge is 0.481 e. The Hall–Kier alpha value is -1.36. The van der Waals surface area contributed by atoms with E-state index in [9.17, 15) is 9.90 Å². The molecule has 1 fully saturated rings. The predicted octanol–water partition coefficient (Wildman–Crippen LogP) is 2.38. The van der Waals surface area contributed by atoms with Crippen LogP contribution < -0.4 is 0 Å². The maximum absolute atomic E-state index is 10.7. The predicted molar refractivity (Wildman–Crippen MR) is 75.8 cm³/mol. The van der Waals surface area contributed by atoms with Crippen LogP contribution in [0.1, 0.15) is 61.5 Å². The van der Waals surface area contributed by atoms with Crippen molar-refractivity contribution < 1.29 is 15.0 Å². The normalized spacial score (nSPS) is 23.6. The maximum Gasteiger partial charge on any atom is 0.303 e. The summed E-state index contributed by atoms with van der Waals surface area (Å²) in [6.07, 6.45) is 5.42. The molecule has 0 aromatic carbocycles. The lowest BCUT2D eigenvalue weighted by atomic mass is 10.0. The van der Waals surface area contributed by atoms with Crippen LogP contribution in [0, 0.1) is 13.8 Å². The van der Waals surface area contributed by atoms with E-state index in [-0.39, 0.29) is 18.6 Å². The minimum absolute atomic E-state index is 0.0368. The van der Waals surface area contributed by atoms with E-state index in [1.165, 1.54) is 6.42 Å². The molecule has 1 aliphatic carbocycles. The Morgan fingerprint density at radius 3 is 2.70 bits per heavy atom. The third-order valence-electron chi connectivity index (χ3n) is 4.32. The van der Waals surface area contributed by atoms with E-state index in [2.05, 4.69) is 5.10 Å². The maximum atomic E-state index is 10.7. The Morgan fingerprint density at radius 2 is 2.00 bits per heavy atom. The van der Waals surface area contributed by atoms with Gasteiger partial charge in [0, 0.05) is 12.1 Å². The number of hydrogen-bond donors (Lipinski definition) is 2. The fourth-order valence-electron chi connectivity index (χ4n) is 3.17. The molecule has 1 saturated carbocycles. The number of carboxylic acids is 1. The molecule has 2 unspecified atom stereocenters. The van der Waals surface area contributed by atoms with Crippen LogP contribution in [0.5, 0.6) is 0 Å². The van der Waals surface area contributed by atoms with Gasteiger partial charge in [0.05, 0.1) is 17.8 Å². The number of carbonyl (C=O) groups is 1. The van der Waals surface area contributed by atoms with E-state index in [1.807, 2.05) is 18.5 Å². The lowest BCUT2D eigenvalue weighted by Gasteiger charge is -2.22. The monoisotopic (exact) mass is 280 g/mol. The smallest absolute Gasteiger partial charge is 0.303 e. The molecule has 0 radical (unpaired) electrons. The van der Waals surface area contributed by atoms with Crippen LogP contribution in [-0.4, -0.2) is 32.1 Å². The number of hydrogen-bond acceptors (Lipinski definition) is 3. The van der Waals surface area contributed by atoms with E-state index in [4.69, 9.17) is 5.11 Å². The van der Waals surface area contributed by atoms with Crippen molar-refractivity contribution in [1.29, 1.82) is 0 Å². The highest BCUT2D eigenvalue weighted by Crippen LogP contribution is 2.30. The molecule has 2 rings (SSSR count). The first kappa shape index (κ1) is 15.0. The molecule has 5 nitrogen and oxygen atoms in total. The van der Waals surface area contributed by atoms with E-state index in [0.717, 1.165) is 42.6 Å². The Balaban J connectivity index is 2.23. The zero-order chi connectivity index (χ0) is 14.7. The molecule has 1 aromatic heterocycles. The van der Waals surface area contributed by atoms with Crippen molar-refractivity contribution >= 4 is 5.97 Å². The van der Waals surface area contributed by atoms with Crippen LogP contribution in [0.15, 0.2) is 0 Å². The van der Waals surface area contributed by atoms with Crippen molar-refractivity contribution in [2.75, 3.05) is 0 Å². The van der Waals surface area contributed by atoms with E-state index in [1.54, 1.807) is 0 Å². The van der Waals surface area contributed by atoms with Gasteiger partial charge in [0.1, 0.15) is 0 Å². The fraction of sp³-hybridized carbons (Fsp3) is 0.733. The first-order chi connectivity index (χ1) is 9.50. The SMILES string of the molecule is Cc1nn(C2CCCCCC2O)c(C)c1CCC(=O)O. The van der Waals surface area contributed by atoms with Gasteiger partial charge in [-0.2, -0.15) is 5.10 Å². The molecule has 0 spiro atoms. The molecular formula is C15H24N2O3. The van der Waals surface area contributed by atoms with Gasteiger partial charge >= 0.3 is 5.97 Å². The lowest BCUT2D eigenvalue weighted by Crippen LogP contribution is -2.25. The molecular weight excluding hydrogens is 256 g/mol. The summed E-state index contributed by atoms with van der Waals surface area (Å²) in [5, 5.41) is 23.7. The number of aliphatic carboxylic acids is 1. The number of aryl methyl sites for hydroxylation is 1. The van der Waals surface area contributed by atoms with Crippen LogP contribution >= 0.6 is 0 Å². The Labute approximate surface area is 119 Å². The average molecular weight is 280 g/mol. The highest BCUT2D eigenvalue weighted by atomic mass is 16.4. The lowest BCUT2D eigenvalue weighted by molar-refractivity contribution is -0.136. The van der Waals surface area contributed by atoms with Crippen molar-refractivity contribution in [3.05, 3.63) is 17.0 Å². The van der Waals surface area contributed by atoms with Crippen LogP contribution in [0.3, 0.4) is 0 Å². The summed E-state index contributed by atoms with van der Waals surface area (Å²) in [6.45, 7) is 3.90. The summed E-state index contributed by atoms with van der Waals surface area (Å²) >= 11 is 0. The molecule has 5 heteroatoms. The van der Waals surface area contributed by atoms with Gasteiger partial charge < -0.3 is 10.2 Å². The number of aliphatic hydroxyl groups excluding tert-OH is 1. The van der Waals surface area contributed by atoms with Gasteiger partial charge in [-0.1, -0.05) is 19.3 Å². The third-order valence-corrected chi connectivity index (χ3v) is 4.32. The molecule has 2 atom stereocenters. The number of carboxylic acid groups (broad SMARTS) is 1. The summed E-state index contributed by atoms with van der Waals surface area (Å²) in [6, 6.07) is 0.0368. The van der Waals surface area contributed by atoms with Crippen molar-refractivity contribution in [3.8, 4) is 0 Å². The molecule has 0 saturated heterocycles. The van der Waals surface area contributed by atoms with E-state index >= 15 is 0 Å². The average Bonchev–Trinajstić information content (AvgIpc) is 2.55. The molecule has 112 valence electrons. The number of aromatic nitrogens is 2. The molecule has 0 bridgehead atoms. The molecule has 0 aliphatic heterocycles. The van der Waals surface area contributed by atoms with Gasteiger partial charge in [0.25, 0.3) is 0 Å². The van der Waals surface area contributed by atoms with E-state index in [0.29, 0.717) is 6.42 Å². The Morgan fingerprint density at radius 1 is 1.30 bits per heavy atom.